The lowest BCUT2D eigenvalue weighted by molar-refractivity contribution is 0.00593. The van der Waals surface area contributed by atoms with Crippen molar-refractivity contribution in [3.63, 3.8) is 0 Å². The van der Waals surface area contributed by atoms with E-state index in [1.165, 1.54) is 64.8 Å². The summed E-state index contributed by atoms with van der Waals surface area (Å²) in [5, 5.41) is 3.51. The van der Waals surface area contributed by atoms with Gasteiger partial charge in [-0.25, -0.2) is 0 Å². The average Bonchev–Trinajstić information content (AvgIpc) is 2.96. The van der Waals surface area contributed by atoms with E-state index in [1.807, 2.05) is 0 Å². The van der Waals surface area contributed by atoms with E-state index in [1.54, 1.807) is 5.56 Å². The topological polar surface area (TPSA) is 15.3 Å². The van der Waals surface area contributed by atoms with Crippen molar-refractivity contribution in [2.75, 3.05) is 32.7 Å². The van der Waals surface area contributed by atoms with E-state index < -0.39 is 0 Å². The Labute approximate surface area is 128 Å². The molecule has 2 aliphatic heterocycles. The molecule has 114 valence electrons. The number of piperidine rings is 1. The lowest BCUT2D eigenvalue weighted by Gasteiger charge is -2.51. The molecule has 1 unspecified atom stereocenters. The summed E-state index contributed by atoms with van der Waals surface area (Å²) < 4.78 is 0. The van der Waals surface area contributed by atoms with Gasteiger partial charge < -0.3 is 10.2 Å². The van der Waals surface area contributed by atoms with Gasteiger partial charge in [-0.2, -0.15) is 0 Å². The van der Waals surface area contributed by atoms with Gasteiger partial charge in [0, 0.05) is 13.1 Å². The molecule has 3 aliphatic rings. The van der Waals surface area contributed by atoms with Crippen LogP contribution in [0.2, 0.25) is 0 Å². The first-order chi connectivity index (χ1) is 10.3. The average molecular weight is 284 g/mol. The molecule has 1 aromatic rings. The minimum absolute atomic E-state index is 0.745. The first-order valence-corrected chi connectivity index (χ1v) is 8.81. The third-order valence-electron chi connectivity index (χ3n) is 6.17. The molecule has 1 N–H and O–H groups in total. The Morgan fingerprint density at radius 2 is 1.86 bits per heavy atom. The Hall–Kier alpha value is -0.860. The normalized spacial score (nSPS) is 29.6. The van der Waals surface area contributed by atoms with E-state index in [2.05, 4.69) is 40.5 Å². The third kappa shape index (κ3) is 2.89. The molecule has 3 fully saturated rings. The summed E-state index contributed by atoms with van der Waals surface area (Å²) in [6.07, 6.45) is 7.21. The zero-order valence-electron chi connectivity index (χ0n) is 13.1. The second kappa shape index (κ2) is 5.73. The highest BCUT2D eigenvalue weighted by Gasteiger charge is 2.45. The molecule has 2 heteroatoms. The first-order valence-electron chi connectivity index (χ1n) is 8.81. The van der Waals surface area contributed by atoms with Gasteiger partial charge in [-0.3, -0.25) is 0 Å². The van der Waals surface area contributed by atoms with Gasteiger partial charge in [0.05, 0.1) is 0 Å². The maximum Gasteiger partial charge on any atom is 0.00509 e. The van der Waals surface area contributed by atoms with E-state index in [0.717, 1.165) is 17.3 Å². The molecule has 0 bridgehead atoms. The molecule has 2 saturated heterocycles. The van der Waals surface area contributed by atoms with Crippen molar-refractivity contribution in [2.45, 2.75) is 38.0 Å². The minimum Gasteiger partial charge on any atom is -0.317 e. The number of nitrogens with zero attached hydrogens (tertiary/aromatic N) is 1. The van der Waals surface area contributed by atoms with E-state index in [4.69, 9.17) is 0 Å². The van der Waals surface area contributed by atoms with E-state index in [9.17, 15) is 0 Å². The molecule has 1 spiro atoms. The van der Waals surface area contributed by atoms with Crippen molar-refractivity contribution in [1.29, 1.82) is 0 Å². The van der Waals surface area contributed by atoms with Crippen LogP contribution in [0.5, 0.6) is 0 Å². The zero-order chi connectivity index (χ0) is 14.1. The third-order valence-corrected chi connectivity index (χ3v) is 6.17. The quantitative estimate of drug-likeness (QED) is 0.916. The fourth-order valence-electron chi connectivity index (χ4n) is 5.02. The van der Waals surface area contributed by atoms with Crippen molar-refractivity contribution >= 4 is 0 Å². The van der Waals surface area contributed by atoms with E-state index >= 15 is 0 Å². The van der Waals surface area contributed by atoms with Gasteiger partial charge in [0.2, 0.25) is 0 Å². The van der Waals surface area contributed by atoms with Crippen LogP contribution in [0.25, 0.3) is 0 Å². The van der Waals surface area contributed by atoms with Crippen LogP contribution in [-0.2, 0) is 0 Å². The SMILES string of the molecule is c1ccc(C2CCN(CC3CC4(CCNCC4)C3)C2)cc1. The van der Waals surface area contributed by atoms with Crippen LogP contribution in [-0.4, -0.2) is 37.6 Å². The van der Waals surface area contributed by atoms with Gasteiger partial charge in [0.25, 0.3) is 0 Å². The van der Waals surface area contributed by atoms with Gasteiger partial charge in [-0.15, -0.1) is 0 Å². The second-order valence-corrected chi connectivity index (χ2v) is 7.68. The predicted octanol–water partition coefficient (Wildman–Crippen LogP) is 3.26. The summed E-state index contributed by atoms with van der Waals surface area (Å²) in [5.41, 5.74) is 2.29. The highest BCUT2D eigenvalue weighted by molar-refractivity contribution is 5.21. The number of rotatable bonds is 3. The largest absolute Gasteiger partial charge is 0.317 e. The molecular weight excluding hydrogens is 256 g/mol. The molecule has 21 heavy (non-hydrogen) atoms. The summed E-state index contributed by atoms with van der Waals surface area (Å²) in [6.45, 7) is 6.47. The van der Waals surface area contributed by atoms with Gasteiger partial charge in [-0.05, 0) is 74.6 Å². The van der Waals surface area contributed by atoms with Gasteiger partial charge >= 0.3 is 0 Å². The number of hydrogen-bond donors (Lipinski definition) is 1. The van der Waals surface area contributed by atoms with Crippen LogP contribution in [0.15, 0.2) is 30.3 Å². The Morgan fingerprint density at radius 1 is 1.10 bits per heavy atom. The molecule has 1 aromatic carbocycles. The maximum atomic E-state index is 3.51. The lowest BCUT2D eigenvalue weighted by Crippen LogP contribution is -2.48. The van der Waals surface area contributed by atoms with Crippen LogP contribution in [0.1, 0.15) is 43.6 Å². The van der Waals surface area contributed by atoms with Crippen LogP contribution >= 0.6 is 0 Å². The van der Waals surface area contributed by atoms with Gasteiger partial charge in [0.15, 0.2) is 0 Å². The summed E-state index contributed by atoms with van der Waals surface area (Å²) in [5.74, 6) is 1.76. The van der Waals surface area contributed by atoms with Crippen LogP contribution in [0.3, 0.4) is 0 Å². The van der Waals surface area contributed by atoms with Crippen LogP contribution < -0.4 is 5.32 Å². The molecule has 2 nitrogen and oxygen atoms in total. The van der Waals surface area contributed by atoms with Gasteiger partial charge in [0.1, 0.15) is 0 Å². The highest BCUT2D eigenvalue weighted by Crippen LogP contribution is 2.52. The molecule has 1 aliphatic carbocycles. The molecule has 1 atom stereocenters. The van der Waals surface area contributed by atoms with Crippen molar-refractivity contribution in [3.05, 3.63) is 35.9 Å². The second-order valence-electron chi connectivity index (χ2n) is 7.68. The summed E-state index contributed by atoms with van der Waals surface area (Å²) in [7, 11) is 0. The lowest BCUT2D eigenvalue weighted by atomic mass is 9.57. The number of benzene rings is 1. The number of hydrogen-bond acceptors (Lipinski definition) is 2. The fraction of sp³-hybridized carbons (Fsp3) is 0.684. The smallest absolute Gasteiger partial charge is 0.00509 e. The van der Waals surface area contributed by atoms with Crippen molar-refractivity contribution in [3.8, 4) is 0 Å². The molecule has 2 heterocycles. The Morgan fingerprint density at radius 3 is 2.62 bits per heavy atom. The van der Waals surface area contributed by atoms with E-state index in [0.29, 0.717) is 0 Å². The van der Waals surface area contributed by atoms with Crippen molar-refractivity contribution in [2.24, 2.45) is 11.3 Å². The number of nitrogens with one attached hydrogen (secondary N) is 1. The molecular formula is C19H28N2. The Bertz CT molecular complexity index is 456. The van der Waals surface area contributed by atoms with Crippen molar-refractivity contribution in [1.82, 2.24) is 10.2 Å². The highest BCUT2D eigenvalue weighted by atomic mass is 15.1. The standard InChI is InChI=1S/C19H28N2/c1-2-4-17(5-3-1)18-6-11-21(15-18)14-16-12-19(13-16)7-9-20-10-8-19/h1-5,16,18,20H,6-15H2. The molecule has 0 amide bonds. The monoisotopic (exact) mass is 284 g/mol. The fourth-order valence-corrected chi connectivity index (χ4v) is 5.02. The Balaban J connectivity index is 1.26. The first kappa shape index (κ1) is 13.8. The minimum atomic E-state index is 0.745. The molecule has 0 aromatic heterocycles. The summed E-state index contributed by atoms with van der Waals surface area (Å²) in [6, 6.07) is 11.1. The van der Waals surface area contributed by atoms with Crippen molar-refractivity contribution < 1.29 is 0 Å². The van der Waals surface area contributed by atoms with Crippen LogP contribution in [0.4, 0.5) is 0 Å². The predicted molar refractivity (Wildman–Crippen MR) is 87.5 cm³/mol. The van der Waals surface area contributed by atoms with Gasteiger partial charge in [-0.1, -0.05) is 30.3 Å². The Kier molecular flexibility index (Phi) is 3.76. The molecule has 1 saturated carbocycles. The van der Waals surface area contributed by atoms with E-state index in [-0.39, 0.29) is 0 Å². The zero-order valence-corrected chi connectivity index (χ0v) is 13.1. The molecule has 4 rings (SSSR count). The summed E-state index contributed by atoms with van der Waals surface area (Å²) >= 11 is 0. The molecule has 0 radical (unpaired) electrons. The summed E-state index contributed by atoms with van der Waals surface area (Å²) in [4.78, 5) is 2.73. The van der Waals surface area contributed by atoms with Crippen LogP contribution in [0, 0.1) is 11.3 Å². The maximum absolute atomic E-state index is 3.51. The number of likely N-dealkylation sites (tertiary alicyclic amines) is 1.